The third kappa shape index (κ3) is 3.21. The van der Waals surface area contributed by atoms with Crippen molar-refractivity contribution in [1.82, 2.24) is 0 Å². The Hall–Kier alpha value is -1.43. The molecule has 1 saturated heterocycles. The summed E-state index contributed by atoms with van der Waals surface area (Å²) >= 11 is 0. The molecule has 2 bridgehead atoms. The Kier molecular flexibility index (Phi) is 5.89. The second-order valence-corrected chi connectivity index (χ2v) is 15.4. The molecule has 4 nitrogen and oxygen atoms in total. The molecule has 0 radical (unpaired) electrons. The van der Waals surface area contributed by atoms with Gasteiger partial charge >= 0.3 is 0 Å². The Morgan fingerprint density at radius 2 is 2.03 bits per heavy atom. The molecule has 1 fully saturated rings. The summed E-state index contributed by atoms with van der Waals surface area (Å²) in [5.74, 6) is 0.433. The smallest absolute Gasteiger partial charge is 0.231 e. The molecule has 3 aliphatic rings. The number of hydrogen-bond donors (Lipinski definition) is 0. The Balaban J connectivity index is 2.15. The van der Waals surface area contributed by atoms with Gasteiger partial charge in [-0.15, -0.1) is 13.2 Å². The molecule has 0 aromatic heterocycles. The van der Waals surface area contributed by atoms with E-state index in [9.17, 15) is 4.79 Å². The minimum atomic E-state index is -2.06. The van der Waals surface area contributed by atoms with Crippen molar-refractivity contribution in [2.24, 2.45) is 17.8 Å². The predicted octanol–water partition coefficient (Wildman–Crippen LogP) is 5.59. The average molecular weight is 431 g/mol. The van der Waals surface area contributed by atoms with Crippen molar-refractivity contribution < 1.29 is 18.7 Å². The van der Waals surface area contributed by atoms with Gasteiger partial charge in [-0.2, -0.15) is 0 Å². The number of Topliss-reactive ketones (excluding diaryl/α,β-unsaturated/α-hetero) is 1. The predicted molar refractivity (Wildman–Crippen MR) is 124 cm³/mol. The zero-order valence-electron chi connectivity index (χ0n) is 19.7. The van der Waals surface area contributed by atoms with Gasteiger partial charge in [-0.1, -0.05) is 52.0 Å². The van der Waals surface area contributed by atoms with E-state index in [-0.39, 0.29) is 35.2 Å². The largest absolute Gasteiger partial charge is 0.493 e. The van der Waals surface area contributed by atoms with Crippen molar-refractivity contribution >= 4 is 14.1 Å². The van der Waals surface area contributed by atoms with Gasteiger partial charge in [0, 0.05) is 23.3 Å². The molecule has 30 heavy (non-hydrogen) atoms. The van der Waals surface area contributed by atoms with E-state index in [1.54, 1.807) is 7.11 Å². The van der Waals surface area contributed by atoms with Crippen LogP contribution in [0.15, 0.2) is 48.8 Å². The van der Waals surface area contributed by atoms with Gasteiger partial charge in [-0.25, -0.2) is 0 Å². The average Bonchev–Trinajstić information content (AvgIpc) is 3.00. The van der Waals surface area contributed by atoms with Crippen LogP contribution in [0.2, 0.25) is 18.1 Å². The maximum atomic E-state index is 13.8. The molecule has 0 unspecified atom stereocenters. The van der Waals surface area contributed by atoms with E-state index in [0.29, 0.717) is 12.2 Å². The Morgan fingerprint density at radius 3 is 2.57 bits per heavy atom. The summed E-state index contributed by atoms with van der Waals surface area (Å²) in [5.41, 5.74) is -0.754. The van der Waals surface area contributed by atoms with E-state index >= 15 is 0 Å². The van der Waals surface area contributed by atoms with Crippen LogP contribution < -0.4 is 0 Å². The second-order valence-electron chi connectivity index (χ2n) is 10.6. The van der Waals surface area contributed by atoms with Crippen LogP contribution in [0, 0.1) is 17.8 Å². The van der Waals surface area contributed by atoms with Gasteiger partial charge < -0.3 is 13.9 Å². The highest BCUT2D eigenvalue weighted by atomic mass is 28.4. The fraction of sp³-hybridized carbons (Fsp3) is 0.640. The number of hydrogen-bond acceptors (Lipinski definition) is 4. The Bertz CT molecular complexity index is 802. The molecule has 5 atom stereocenters. The van der Waals surface area contributed by atoms with Crippen molar-refractivity contribution in [2.45, 2.75) is 69.9 Å². The summed E-state index contributed by atoms with van der Waals surface area (Å²) < 4.78 is 19.2. The first kappa shape index (κ1) is 23.2. The quantitative estimate of drug-likeness (QED) is 0.390. The molecule has 1 aliphatic carbocycles. The standard InChI is InChI=1S/C25H38O4Si/c1-10-17(3)20-21(27-7)22(26)24(16-28-30(8,9)23(4,5)6)15-19-14-12-13-18(11-2)25(19,20)29-24/h10-12,14,17-19H,1-2,13,15-16H2,3-9H3/t17-,18+,19+,24+,25+/m0/s1. The lowest BCUT2D eigenvalue weighted by atomic mass is 9.65. The number of allylic oxidation sites excluding steroid dienone is 2. The van der Waals surface area contributed by atoms with Crippen LogP contribution in [0.1, 0.15) is 40.5 Å². The highest BCUT2D eigenvalue weighted by Gasteiger charge is 2.68. The first-order chi connectivity index (χ1) is 13.9. The molecule has 1 spiro atoms. The highest BCUT2D eigenvalue weighted by molar-refractivity contribution is 6.74. The van der Waals surface area contributed by atoms with Crippen molar-refractivity contribution in [3.8, 4) is 0 Å². The van der Waals surface area contributed by atoms with Crippen LogP contribution in [-0.4, -0.2) is 39.0 Å². The summed E-state index contributed by atoms with van der Waals surface area (Å²) in [6, 6.07) is 0. The van der Waals surface area contributed by atoms with Gasteiger partial charge in [-0.05, 0) is 31.0 Å². The van der Waals surface area contributed by atoms with Crippen molar-refractivity contribution in [3.63, 3.8) is 0 Å². The normalized spacial score (nSPS) is 34.6. The van der Waals surface area contributed by atoms with Crippen LogP contribution in [0.4, 0.5) is 0 Å². The van der Waals surface area contributed by atoms with E-state index in [1.165, 1.54) is 0 Å². The number of fused-ring (bicyclic) bond motifs is 1. The van der Waals surface area contributed by atoms with Crippen LogP contribution in [0.3, 0.4) is 0 Å². The maximum absolute atomic E-state index is 13.8. The van der Waals surface area contributed by atoms with Gasteiger partial charge in [0.15, 0.2) is 19.7 Å². The van der Waals surface area contributed by atoms with Gasteiger partial charge in [-0.3, -0.25) is 4.79 Å². The van der Waals surface area contributed by atoms with Gasteiger partial charge in [0.2, 0.25) is 5.78 Å². The van der Waals surface area contributed by atoms with E-state index in [2.05, 4.69) is 66.1 Å². The maximum Gasteiger partial charge on any atom is 0.231 e. The molecule has 2 heterocycles. The van der Waals surface area contributed by atoms with E-state index in [4.69, 9.17) is 13.9 Å². The van der Waals surface area contributed by atoms with Crippen molar-refractivity contribution in [1.29, 1.82) is 0 Å². The summed E-state index contributed by atoms with van der Waals surface area (Å²) in [4.78, 5) is 13.8. The fourth-order valence-corrected chi connectivity index (χ4v) is 6.02. The molecule has 5 heteroatoms. The third-order valence-electron chi connectivity index (χ3n) is 7.83. The molecule has 0 aromatic carbocycles. The van der Waals surface area contributed by atoms with Crippen molar-refractivity contribution in [2.75, 3.05) is 13.7 Å². The lowest BCUT2D eigenvalue weighted by Gasteiger charge is -2.49. The molecule has 0 amide bonds. The van der Waals surface area contributed by atoms with Crippen LogP contribution in [0.5, 0.6) is 0 Å². The molecular weight excluding hydrogens is 392 g/mol. The number of carbonyl (C=O) groups is 1. The van der Waals surface area contributed by atoms with Crippen LogP contribution in [-0.2, 0) is 18.7 Å². The first-order valence-electron chi connectivity index (χ1n) is 11.0. The summed E-state index contributed by atoms with van der Waals surface area (Å²) in [5, 5.41) is 0.0520. The van der Waals surface area contributed by atoms with E-state index in [0.717, 1.165) is 12.0 Å². The summed E-state index contributed by atoms with van der Waals surface area (Å²) in [6.07, 6.45) is 9.68. The van der Waals surface area contributed by atoms with E-state index in [1.807, 2.05) is 12.2 Å². The van der Waals surface area contributed by atoms with Crippen LogP contribution >= 0.6 is 0 Å². The number of methoxy groups -OCH3 is 1. The molecule has 166 valence electrons. The van der Waals surface area contributed by atoms with Gasteiger partial charge in [0.25, 0.3) is 0 Å². The zero-order chi connectivity index (χ0) is 22.5. The summed E-state index contributed by atoms with van der Waals surface area (Å²) in [7, 11) is -0.474. The monoisotopic (exact) mass is 430 g/mol. The molecular formula is C25H38O4Si. The fourth-order valence-electron chi connectivity index (χ4n) is 5.00. The minimum absolute atomic E-state index is 0.0437. The number of carbonyl (C=O) groups excluding carboxylic acids is 1. The van der Waals surface area contributed by atoms with E-state index < -0.39 is 19.5 Å². The van der Waals surface area contributed by atoms with Crippen LogP contribution in [0.25, 0.3) is 0 Å². The van der Waals surface area contributed by atoms with Gasteiger partial charge in [0.05, 0.1) is 13.7 Å². The SMILES string of the molecule is C=C[C@@H]1CC=C[C@@H]2C[C@]3(CO[Si](C)(C)C(C)(C)C)O[C@]12C([C@@H](C)C=C)=C(OC)C3=O. The lowest BCUT2D eigenvalue weighted by molar-refractivity contribution is -0.169. The molecule has 2 aliphatic heterocycles. The second kappa shape index (κ2) is 7.61. The topological polar surface area (TPSA) is 44.8 Å². The number of rotatable bonds is 7. The Labute approximate surface area is 183 Å². The lowest BCUT2D eigenvalue weighted by Crippen LogP contribution is -2.57. The molecule has 3 rings (SSSR count). The minimum Gasteiger partial charge on any atom is -0.493 e. The molecule has 0 N–H and O–H groups in total. The van der Waals surface area contributed by atoms with Crippen molar-refractivity contribution in [3.05, 3.63) is 48.8 Å². The highest BCUT2D eigenvalue weighted by Crippen LogP contribution is 2.60. The Morgan fingerprint density at radius 1 is 1.37 bits per heavy atom. The summed E-state index contributed by atoms with van der Waals surface area (Å²) in [6.45, 7) is 21.4. The number of ether oxygens (including phenoxy) is 2. The third-order valence-corrected chi connectivity index (χ3v) is 12.3. The zero-order valence-corrected chi connectivity index (χ0v) is 20.7. The molecule has 0 aromatic rings. The number of ketones is 1. The molecule has 0 saturated carbocycles. The van der Waals surface area contributed by atoms with Gasteiger partial charge in [0.1, 0.15) is 5.60 Å². The first-order valence-corrected chi connectivity index (χ1v) is 13.9.